The molecule has 4 heteroatoms. The first-order valence-corrected chi connectivity index (χ1v) is 4.96. The summed E-state index contributed by atoms with van der Waals surface area (Å²) in [5.74, 6) is 0. The van der Waals surface area contributed by atoms with Gasteiger partial charge in [0.2, 0.25) is 0 Å². The first kappa shape index (κ1) is 9.62. The molecule has 1 unspecified atom stereocenters. The van der Waals surface area contributed by atoms with Gasteiger partial charge in [-0.25, -0.2) is 0 Å². The molecule has 14 heavy (non-hydrogen) atoms. The number of rotatable bonds is 2. The standard InChI is InChI=1S/C10H12ClNO2/c11-10-8(3-5-14-10)9(12)7-2-1-4-13-6-7/h3,5-6,9H,1-2,4,12H2. The number of halogens is 1. The lowest BCUT2D eigenvalue weighted by atomic mass is 9.98. The molecule has 0 saturated heterocycles. The van der Waals surface area contributed by atoms with Gasteiger partial charge < -0.3 is 14.9 Å². The Morgan fingerprint density at radius 1 is 1.50 bits per heavy atom. The highest BCUT2D eigenvalue weighted by Crippen LogP contribution is 2.30. The summed E-state index contributed by atoms with van der Waals surface area (Å²) in [4.78, 5) is 0. The van der Waals surface area contributed by atoms with Crippen LogP contribution >= 0.6 is 11.6 Å². The Morgan fingerprint density at radius 3 is 2.93 bits per heavy atom. The zero-order valence-electron chi connectivity index (χ0n) is 7.70. The molecule has 2 N–H and O–H groups in total. The van der Waals surface area contributed by atoms with Crippen LogP contribution in [-0.4, -0.2) is 6.61 Å². The Balaban J connectivity index is 2.19. The molecule has 3 nitrogen and oxygen atoms in total. The van der Waals surface area contributed by atoms with Crippen LogP contribution < -0.4 is 5.73 Å². The molecular formula is C10H12ClNO2. The van der Waals surface area contributed by atoms with Crippen molar-refractivity contribution in [1.82, 2.24) is 0 Å². The normalized spacial score (nSPS) is 18.6. The number of nitrogens with two attached hydrogens (primary N) is 1. The predicted octanol–water partition coefficient (Wildman–Crippen LogP) is 2.63. The van der Waals surface area contributed by atoms with Gasteiger partial charge in [0.1, 0.15) is 0 Å². The van der Waals surface area contributed by atoms with Crippen LogP contribution in [0.15, 0.2) is 28.6 Å². The van der Waals surface area contributed by atoms with Gasteiger partial charge in [0.05, 0.1) is 25.2 Å². The van der Waals surface area contributed by atoms with E-state index in [0.29, 0.717) is 5.22 Å². The highest BCUT2D eigenvalue weighted by molar-refractivity contribution is 6.29. The third-order valence-corrected chi connectivity index (χ3v) is 2.65. The summed E-state index contributed by atoms with van der Waals surface area (Å²) < 4.78 is 10.2. The molecule has 76 valence electrons. The highest BCUT2D eigenvalue weighted by atomic mass is 35.5. The molecule has 1 atom stereocenters. The Labute approximate surface area is 87.5 Å². The Morgan fingerprint density at radius 2 is 2.36 bits per heavy atom. The Hall–Kier alpha value is -0.930. The van der Waals surface area contributed by atoms with Crippen molar-refractivity contribution in [3.8, 4) is 0 Å². The van der Waals surface area contributed by atoms with E-state index >= 15 is 0 Å². The number of hydrogen-bond donors (Lipinski definition) is 1. The van der Waals surface area contributed by atoms with Crippen LogP contribution in [0.2, 0.25) is 5.22 Å². The van der Waals surface area contributed by atoms with Crippen LogP contribution in [0.1, 0.15) is 24.4 Å². The van der Waals surface area contributed by atoms with Crippen LogP contribution in [0.3, 0.4) is 0 Å². The maximum atomic E-state index is 6.02. The summed E-state index contributed by atoms with van der Waals surface area (Å²) >= 11 is 5.84. The minimum absolute atomic E-state index is 0.207. The summed E-state index contributed by atoms with van der Waals surface area (Å²) in [6, 6.07) is 1.59. The Bertz CT molecular complexity index is 346. The molecule has 0 bridgehead atoms. The average Bonchev–Trinajstić information content (AvgIpc) is 2.65. The van der Waals surface area contributed by atoms with Crippen molar-refractivity contribution in [3.63, 3.8) is 0 Å². The van der Waals surface area contributed by atoms with E-state index in [9.17, 15) is 0 Å². The molecule has 1 aliphatic rings. The molecule has 1 aliphatic heterocycles. The lowest BCUT2D eigenvalue weighted by Gasteiger charge is -2.18. The number of ether oxygens (including phenoxy) is 1. The van der Waals surface area contributed by atoms with Crippen LogP contribution in [0.4, 0.5) is 0 Å². The molecule has 1 aromatic heterocycles. The second kappa shape index (κ2) is 4.07. The van der Waals surface area contributed by atoms with Crippen LogP contribution in [0.5, 0.6) is 0 Å². The fourth-order valence-corrected chi connectivity index (χ4v) is 1.77. The van der Waals surface area contributed by atoms with Gasteiger partial charge in [0, 0.05) is 5.56 Å². The van der Waals surface area contributed by atoms with E-state index < -0.39 is 0 Å². The lowest BCUT2D eigenvalue weighted by Crippen LogP contribution is -2.16. The van der Waals surface area contributed by atoms with Crippen molar-refractivity contribution in [2.45, 2.75) is 18.9 Å². The number of hydrogen-bond acceptors (Lipinski definition) is 3. The van der Waals surface area contributed by atoms with Crippen LogP contribution in [0.25, 0.3) is 0 Å². The molecule has 0 spiro atoms. The molecule has 0 fully saturated rings. The molecule has 0 radical (unpaired) electrons. The highest BCUT2D eigenvalue weighted by Gasteiger charge is 2.18. The summed E-state index contributed by atoms with van der Waals surface area (Å²) in [6.07, 6.45) is 5.25. The van der Waals surface area contributed by atoms with Crippen molar-refractivity contribution >= 4 is 11.6 Å². The van der Waals surface area contributed by atoms with E-state index in [0.717, 1.165) is 30.6 Å². The molecule has 0 aromatic carbocycles. The van der Waals surface area contributed by atoms with E-state index in [1.807, 2.05) is 0 Å². The number of furan rings is 1. The maximum absolute atomic E-state index is 6.02. The van der Waals surface area contributed by atoms with Gasteiger partial charge in [0.15, 0.2) is 5.22 Å². The molecule has 0 aliphatic carbocycles. The first-order valence-electron chi connectivity index (χ1n) is 4.58. The van der Waals surface area contributed by atoms with Gasteiger partial charge in [-0.3, -0.25) is 0 Å². The van der Waals surface area contributed by atoms with E-state index in [-0.39, 0.29) is 6.04 Å². The third kappa shape index (κ3) is 1.79. The fraction of sp³-hybridized carbons (Fsp3) is 0.400. The van der Waals surface area contributed by atoms with Crippen LogP contribution in [-0.2, 0) is 4.74 Å². The largest absolute Gasteiger partial charge is 0.501 e. The van der Waals surface area contributed by atoms with Gasteiger partial charge in [0.25, 0.3) is 0 Å². The molecule has 1 aromatic rings. The van der Waals surface area contributed by atoms with Crippen molar-refractivity contribution in [2.75, 3.05) is 6.61 Å². The second-order valence-electron chi connectivity index (χ2n) is 3.29. The lowest BCUT2D eigenvalue weighted by molar-refractivity contribution is 0.221. The van der Waals surface area contributed by atoms with E-state index in [1.54, 1.807) is 18.6 Å². The van der Waals surface area contributed by atoms with Crippen molar-refractivity contribution in [2.24, 2.45) is 5.73 Å². The van der Waals surface area contributed by atoms with Crippen molar-refractivity contribution in [3.05, 3.63) is 34.9 Å². The minimum Gasteiger partial charge on any atom is -0.501 e. The quantitative estimate of drug-likeness (QED) is 0.822. The van der Waals surface area contributed by atoms with Gasteiger partial charge >= 0.3 is 0 Å². The summed E-state index contributed by atoms with van der Waals surface area (Å²) in [7, 11) is 0. The second-order valence-corrected chi connectivity index (χ2v) is 3.64. The van der Waals surface area contributed by atoms with Gasteiger partial charge in [-0.2, -0.15) is 0 Å². The zero-order chi connectivity index (χ0) is 9.97. The van der Waals surface area contributed by atoms with E-state index in [1.165, 1.54) is 0 Å². The average molecular weight is 214 g/mol. The van der Waals surface area contributed by atoms with Crippen molar-refractivity contribution in [1.29, 1.82) is 0 Å². The summed E-state index contributed by atoms with van der Waals surface area (Å²) in [6.45, 7) is 0.773. The van der Waals surface area contributed by atoms with Crippen molar-refractivity contribution < 1.29 is 9.15 Å². The molecular weight excluding hydrogens is 202 g/mol. The minimum atomic E-state index is -0.207. The summed E-state index contributed by atoms with van der Waals surface area (Å²) in [5.41, 5.74) is 7.91. The zero-order valence-corrected chi connectivity index (χ0v) is 8.46. The molecule has 2 rings (SSSR count). The molecule has 0 saturated carbocycles. The first-order chi connectivity index (χ1) is 6.79. The smallest absolute Gasteiger partial charge is 0.198 e. The third-order valence-electron chi connectivity index (χ3n) is 2.34. The molecule has 2 heterocycles. The van der Waals surface area contributed by atoms with Gasteiger partial charge in [-0.05, 0) is 36.1 Å². The fourth-order valence-electron chi connectivity index (χ4n) is 1.54. The molecule has 0 amide bonds. The maximum Gasteiger partial charge on any atom is 0.198 e. The topological polar surface area (TPSA) is 48.4 Å². The van der Waals surface area contributed by atoms with E-state index in [2.05, 4.69) is 0 Å². The van der Waals surface area contributed by atoms with Gasteiger partial charge in [-0.15, -0.1) is 0 Å². The van der Waals surface area contributed by atoms with Crippen LogP contribution in [0, 0.1) is 0 Å². The van der Waals surface area contributed by atoms with Gasteiger partial charge in [-0.1, -0.05) is 0 Å². The van der Waals surface area contributed by atoms with E-state index in [4.69, 9.17) is 26.5 Å². The summed E-state index contributed by atoms with van der Waals surface area (Å²) in [5, 5.41) is 0.365. The SMILES string of the molecule is NC(C1=COCCC1)c1ccoc1Cl. The monoisotopic (exact) mass is 213 g/mol. The predicted molar refractivity (Wildman–Crippen MR) is 53.9 cm³/mol. The Kier molecular flexibility index (Phi) is 2.79.